The topological polar surface area (TPSA) is 154 Å². The van der Waals surface area contributed by atoms with Crippen LogP contribution < -0.4 is 22.9 Å². The van der Waals surface area contributed by atoms with E-state index in [-0.39, 0.29) is 11.9 Å². The number of hydrogen-bond donors (Lipinski definition) is 4. The predicted molar refractivity (Wildman–Crippen MR) is 71.9 cm³/mol. The highest BCUT2D eigenvalue weighted by molar-refractivity contribution is 6.10. The van der Waals surface area contributed by atoms with Crippen LogP contribution in [0.3, 0.4) is 0 Å². The first-order valence-corrected chi connectivity index (χ1v) is 5.27. The van der Waals surface area contributed by atoms with Gasteiger partial charge in [0.15, 0.2) is 0 Å². The van der Waals surface area contributed by atoms with Crippen LogP contribution in [0.5, 0.6) is 0 Å². The summed E-state index contributed by atoms with van der Waals surface area (Å²) in [5.74, 6) is -0.108. The first-order valence-electron chi connectivity index (χ1n) is 5.27. The van der Waals surface area contributed by atoms with E-state index in [9.17, 15) is 0 Å². The number of allylic oxidation sites excluding steroid dienone is 4. The summed E-state index contributed by atoms with van der Waals surface area (Å²) in [5.41, 5.74) is 24.8. The lowest BCUT2D eigenvalue weighted by Crippen LogP contribution is -2.22. The van der Waals surface area contributed by atoms with Crippen molar-refractivity contribution in [2.45, 2.75) is 12.8 Å². The average Bonchev–Trinajstić information content (AvgIpc) is 2.80. The van der Waals surface area contributed by atoms with Gasteiger partial charge in [0, 0.05) is 12.8 Å². The maximum Gasteiger partial charge on any atom is 0.211 e. The molecule has 94 valence electrons. The van der Waals surface area contributed by atoms with Gasteiger partial charge in [-0.25, -0.2) is 0 Å². The largest absolute Gasteiger partial charge is 0.369 e. The Kier molecular flexibility index (Phi) is 3.09. The van der Waals surface area contributed by atoms with Crippen LogP contribution in [0.2, 0.25) is 0 Å². The molecule has 8 nitrogen and oxygen atoms in total. The van der Waals surface area contributed by atoms with Gasteiger partial charge in [-0.15, -0.1) is 10.2 Å². The fourth-order valence-corrected chi connectivity index (χ4v) is 1.78. The summed E-state index contributed by atoms with van der Waals surface area (Å²) in [6.45, 7) is 0. The summed E-state index contributed by atoms with van der Waals surface area (Å²) in [4.78, 5) is 0. The normalized spacial score (nSPS) is 21.6. The van der Waals surface area contributed by atoms with Crippen LogP contribution in [0.15, 0.2) is 43.7 Å². The molecule has 18 heavy (non-hydrogen) atoms. The van der Waals surface area contributed by atoms with E-state index in [1.807, 2.05) is 12.2 Å². The van der Waals surface area contributed by atoms with Crippen molar-refractivity contribution in [3.05, 3.63) is 23.3 Å². The second-order valence-electron chi connectivity index (χ2n) is 3.93. The van der Waals surface area contributed by atoms with Crippen molar-refractivity contribution in [2.24, 2.45) is 43.3 Å². The molecule has 0 amide bonds. The molecule has 0 bridgehead atoms. The van der Waals surface area contributed by atoms with E-state index < -0.39 is 0 Å². The molecule has 0 fully saturated rings. The van der Waals surface area contributed by atoms with Crippen molar-refractivity contribution >= 4 is 23.3 Å². The van der Waals surface area contributed by atoms with Crippen LogP contribution in [-0.2, 0) is 0 Å². The Morgan fingerprint density at radius 1 is 0.778 bits per heavy atom. The van der Waals surface area contributed by atoms with Crippen molar-refractivity contribution in [1.29, 1.82) is 0 Å². The molecule has 0 radical (unpaired) electrons. The minimum atomic E-state index is -0.0538. The van der Waals surface area contributed by atoms with Crippen molar-refractivity contribution in [2.75, 3.05) is 0 Å². The van der Waals surface area contributed by atoms with Gasteiger partial charge in [0.1, 0.15) is 0 Å². The number of nitrogens with two attached hydrogens (primary N) is 4. The molecule has 8 N–H and O–H groups in total. The molecule has 2 aliphatic carbocycles. The lowest BCUT2D eigenvalue weighted by atomic mass is 10.2. The van der Waals surface area contributed by atoms with Gasteiger partial charge in [0.2, 0.25) is 11.9 Å². The Balaban J connectivity index is 2.11. The van der Waals surface area contributed by atoms with Gasteiger partial charge in [-0.2, -0.15) is 10.2 Å². The quantitative estimate of drug-likeness (QED) is 0.277. The zero-order valence-electron chi connectivity index (χ0n) is 9.67. The molecule has 0 aromatic carbocycles. The highest BCUT2D eigenvalue weighted by Gasteiger charge is 2.23. The van der Waals surface area contributed by atoms with Gasteiger partial charge in [0.25, 0.3) is 0 Å². The van der Waals surface area contributed by atoms with Gasteiger partial charge < -0.3 is 22.9 Å². The first kappa shape index (κ1) is 11.8. The molecule has 0 atom stereocenters. The van der Waals surface area contributed by atoms with Gasteiger partial charge in [-0.05, 0) is 23.3 Å². The van der Waals surface area contributed by atoms with Gasteiger partial charge in [-0.1, -0.05) is 0 Å². The molecule has 0 saturated heterocycles. The molecule has 2 aliphatic rings. The third-order valence-electron chi connectivity index (χ3n) is 2.43. The number of hydrogen-bond acceptors (Lipinski definition) is 4. The molecular weight excluding hydrogens is 232 g/mol. The molecule has 0 spiro atoms. The molecule has 8 heteroatoms. The molecule has 0 unspecified atom stereocenters. The molecule has 0 saturated carbocycles. The SMILES string of the molecule is NC(N)=NN=C1C=C2CC(=NN=C(N)N)C=C2C1. The zero-order valence-corrected chi connectivity index (χ0v) is 9.67. The molecule has 0 heterocycles. The smallest absolute Gasteiger partial charge is 0.211 e. The number of fused-ring (bicyclic) bond motifs is 1. The van der Waals surface area contributed by atoms with E-state index in [0.717, 1.165) is 22.6 Å². The van der Waals surface area contributed by atoms with Crippen molar-refractivity contribution in [3.63, 3.8) is 0 Å². The lowest BCUT2D eigenvalue weighted by molar-refractivity contribution is 1.18. The maximum atomic E-state index is 5.20. The highest BCUT2D eigenvalue weighted by Crippen LogP contribution is 2.32. The van der Waals surface area contributed by atoms with E-state index in [1.54, 1.807) is 0 Å². The Morgan fingerprint density at radius 3 is 1.50 bits per heavy atom. The van der Waals surface area contributed by atoms with Crippen LogP contribution in [0, 0.1) is 0 Å². The minimum Gasteiger partial charge on any atom is -0.369 e. The summed E-state index contributed by atoms with van der Waals surface area (Å²) in [6.07, 6.45) is 5.26. The predicted octanol–water partition coefficient (Wildman–Crippen LogP) is -1.09. The van der Waals surface area contributed by atoms with Gasteiger partial charge in [-0.3, -0.25) is 0 Å². The summed E-state index contributed by atoms with van der Waals surface area (Å²) in [6, 6.07) is 0. The maximum absolute atomic E-state index is 5.20. The monoisotopic (exact) mass is 246 g/mol. The fourth-order valence-electron chi connectivity index (χ4n) is 1.78. The molecule has 2 rings (SSSR count). The zero-order chi connectivity index (χ0) is 13.1. The third kappa shape index (κ3) is 2.73. The summed E-state index contributed by atoms with van der Waals surface area (Å²) < 4.78 is 0. The number of nitrogens with zero attached hydrogens (tertiary/aromatic N) is 4. The van der Waals surface area contributed by atoms with Gasteiger partial charge in [0.05, 0.1) is 11.4 Å². The van der Waals surface area contributed by atoms with Crippen LogP contribution >= 0.6 is 0 Å². The summed E-state index contributed by atoms with van der Waals surface area (Å²) in [5, 5.41) is 15.1. The fraction of sp³-hybridized carbons (Fsp3) is 0.200. The van der Waals surface area contributed by atoms with Crippen molar-refractivity contribution < 1.29 is 0 Å². The Bertz CT molecular complexity index is 488. The Labute approximate surface area is 104 Å². The molecule has 0 aromatic heterocycles. The van der Waals surface area contributed by atoms with Crippen LogP contribution in [0.25, 0.3) is 0 Å². The number of rotatable bonds is 2. The van der Waals surface area contributed by atoms with Crippen LogP contribution in [0.1, 0.15) is 12.8 Å². The average molecular weight is 246 g/mol. The standard InChI is InChI=1S/C10H14N8/c11-9(12)17-15-7-1-5-2-8(4-6(5)3-7)16-18-10(13)14/h1,4H,2-3H2,(H4,11,12,17)(H4,13,14,18). The van der Waals surface area contributed by atoms with E-state index in [1.165, 1.54) is 0 Å². The Morgan fingerprint density at radius 2 is 1.17 bits per heavy atom. The van der Waals surface area contributed by atoms with Crippen LogP contribution in [0.4, 0.5) is 0 Å². The van der Waals surface area contributed by atoms with Crippen molar-refractivity contribution in [1.82, 2.24) is 0 Å². The summed E-state index contributed by atoms with van der Waals surface area (Å²) >= 11 is 0. The van der Waals surface area contributed by atoms with E-state index in [0.29, 0.717) is 12.8 Å². The molecule has 0 aliphatic heterocycles. The minimum absolute atomic E-state index is 0.0538. The second kappa shape index (κ2) is 4.70. The Hall–Kier alpha value is -2.64. The van der Waals surface area contributed by atoms with Gasteiger partial charge >= 0.3 is 0 Å². The van der Waals surface area contributed by atoms with E-state index >= 15 is 0 Å². The summed E-state index contributed by atoms with van der Waals surface area (Å²) in [7, 11) is 0. The second-order valence-corrected chi connectivity index (χ2v) is 3.93. The highest BCUT2D eigenvalue weighted by atomic mass is 15.3. The lowest BCUT2D eigenvalue weighted by Gasteiger charge is -1.91. The third-order valence-corrected chi connectivity index (χ3v) is 2.43. The number of guanidine groups is 2. The molecule has 0 aromatic rings. The van der Waals surface area contributed by atoms with E-state index in [4.69, 9.17) is 22.9 Å². The van der Waals surface area contributed by atoms with Crippen molar-refractivity contribution in [3.8, 4) is 0 Å². The molecular formula is C10H14N8. The van der Waals surface area contributed by atoms with Crippen LogP contribution in [-0.4, -0.2) is 23.3 Å². The first-order chi connectivity index (χ1) is 8.54. The van der Waals surface area contributed by atoms with E-state index in [2.05, 4.69) is 20.4 Å².